The van der Waals surface area contributed by atoms with Crippen molar-refractivity contribution in [2.45, 2.75) is 26.3 Å². The molecule has 2 nitrogen and oxygen atoms in total. The van der Waals surface area contributed by atoms with E-state index in [4.69, 9.17) is 5.73 Å². The Kier molecular flexibility index (Phi) is 4.74. The van der Waals surface area contributed by atoms with E-state index in [2.05, 4.69) is 24.0 Å². The molecule has 0 aliphatic carbocycles. The fourth-order valence-corrected chi connectivity index (χ4v) is 2.43. The van der Waals surface area contributed by atoms with Gasteiger partial charge in [-0.15, -0.1) is 0 Å². The van der Waals surface area contributed by atoms with E-state index in [-0.39, 0.29) is 11.9 Å². The smallest absolute Gasteiger partial charge is 0.125 e. The number of halogens is 1. The van der Waals surface area contributed by atoms with Gasteiger partial charge in [-0.25, -0.2) is 4.39 Å². The molecule has 3 heteroatoms. The van der Waals surface area contributed by atoms with E-state index in [0.29, 0.717) is 0 Å². The van der Waals surface area contributed by atoms with Gasteiger partial charge in [0.15, 0.2) is 0 Å². The normalized spacial score (nSPS) is 12.2. The van der Waals surface area contributed by atoms with Crippen molar-refractivity contribution in [2.75, 3.05) is 11.4 Å². The van der Waals surface area contributed by atoms with Gasteiger partial charge in [-0.05, 0) is 50.1 Å². The molecule has 2 N–H and O–H groups in total. The second-order valence-corrected chi connectivity index (χ2v) is 5.03. The van der Waals surface area contributed by atoms with Gasteiger partial charge in [0, 0.05) is 24.0 Å². The van der Waals surface area contributed by atoms with Gasteiger partial charge in [0.05, 0.1) is 0 Å². The monoisotopic (exact) mass is 272 g/mol. The summed E-state index contributed by atoms with van der Waals surface area (Å²) in [6, 6.07) is 15.0. The fourth-order valence-electron chi connectivity index (χ4n) is 2.43. The summed E-state index contributed by atoms with van der Waals surface area (Å²) in [4.78, 5) is 2.11. The number of para-hydroxylation sites is 1. The van der Waals surface area contributed by atoms with Crippen LogP contribution in [0.5, 0.6) is 0 Å². The van der Waals surface area contributed by atoms with Gasteiger partial charge in [0.1, 0.15) is 5.82 Å². The third-order valence-electron chi connectivity index (χ3n) is 3.26. The largest absolute Gasteiger partial charge is 0.341 e. The highest BCUT2D eigenvalue weighted by molar-refractivity contribution is 5.66. The van der Waals surface area contributed by atoms with Crippen LogP contribution in [0, 0.1) is 5.82 Å². The summed E-state index contributed by atoms with van der Waals surface area (Å²) in [6.45, 7) is 4.84. The quantitative estimate of drug-likeness (QED) is 0.895. The van der Waals surface area contributed by atoms with Crippen molar-refractivity contribution in [1.82, 2.24) is 0 Å². The molecule has 0 saturated heterocycles. The molecule has 0 aliphatic heterocycles. The molecule has 2 aromatic carbocycles. The van der Waals surface area contributed by atoms with Gasteiger partial charge in [0.2, 0.25) is 0 Å². The molecular weight excluding hydrogens is 251 g/mol. The van der Waals surface area contributed by atoms with Crippen LogP contribution in [0.3, 0.4) is 0 Å². The van der Waals surface area contributed by atoms with Gasteiger partial charge in [-0.3, -0.25) is 0 Å². The molecule has 0 fully saturated rings. The molecule has 20 heavy (non-hydrogen) atoms. The second-order valence-electron chi connectivity index (χ2n) is 5.03. The molecule has 2 rings (SSSR count). The first-order valence-corrected chi connectivity index (χ1v) is 6.98. The van der Waals surface area contributed by atoms with Crippen LogP contribution in [0.4, 0.5) is 15.8 Å². The summed E-state index contributed by atoms with van der Waals surface area (Å²) < 4.78 is 13.4. The van der Waals surface area contributed by atoms with Crippen LogP contribution in [-0.2, 0) is 6.42 Å². The Morgan fingerprint density at radius 3 is 2.55 bits per heavy atom. The zero-order valence-electron chi connectivity index (χ0n) is 12.0. The summed E-state index contributed by atoms with van der Waals surface area (Å²) in [5.41, 5.74) is 9.07. The van der Waals surface area contributed by atoms with Crippen molar-refractivity contribution in [1.29, 1.82) is 0 Å². The van der Waals surface area contributed by atoms with E-state index in [1.165, 1.54) is 11.6 Å². The molecular formula is C17H21FN2. The zero-order chi connectivity index (χ0) is 14.5. The summed E-state index contributed by atoms with van der Waals surface area (Å²) in [5.74, 6) is -0.217. The highest BCUT2D eigenvalue weighted by Crippen LogP contribution is 2.29. The highest BCUT2D eigenvalue weighted by Gasteiger charge is 2.12. The molecule has 0 radical (unpaired) electrons. The lowest BCUT2D eigenvalue weighted by atomic mass is 10.0. The number of nitrogens with two attached hydrogens (primary N) is 1. The Labute approximate surface area is 120 Å². The molecule has 0 heterocycles. The Morgan fingerprint density at radius 2 is 1.90 bits per heavy atom. The van der Waals surface area contributed by atoms with Crippen LogP contribution in [0.15, 0.2) is 48.5 Å². The minimum Gasteiger partial charge on any atom is -0.341 e. The predicted molar refractivity (Wildman–Crippen MR) is 82.9 cm³/mol. The Hall–Kier alpha value is -1.87. The van der Waals surface area contributed by atoms with Crippen LogP contribution in [-0.4, -0.2) is 12.6 Å². The predicted octanol–water partition coefficient (Wildman–Crippen LogP) is 3.87. The molecule has 0 bridgehead atoms. The molecule has 1 atom stereocenters. The molecule has 0 aromatic heterocycles. The summed E-state index contributed by atoms with van der Waals surface area (Å²) >= 11 is 0. The van der Waals surface area contributed by atoms with Crippen LogP contribution in [0.25, 0.3) is 0 Å². The molecule has 106 valence electrons. The van der Waals surface area contributed by atoms with E-state index in [1.54, 1.807) is 12.1 Å². The third kappa shape index (κ3) is 3.36. The van der Waals surface area contributed by atoms with Crippen molar-refractivity contribution in [3.05, 3.63) is 59.9 Å². The number of rotatable bonds is 5. The minimum atomic E-state index is -0.217. The van der Waals surface area contributed by atoms with Crippen LogP contribution in [0.1, 0.15) is 19.4 Å². The Morgan fingerprint density at radius 1 is 1.15 bits per heavy atom. The first-order valence-electron chi connectivity index (χ1n) is 6.98. The average Bonchev–Trinajstić information content (AvgIpc) is 2.41. The van der Waals surface area contributed by atoms with Crippen molar-refractivity contribution in [3.8, 4) is 0 Å². The van der Waals surface area contributed by atoms with Gasteiger partial charge in [-0.2, -0.15) is 0 Å². The molecule has 0 spiro atoms. The molecule has 0 amide bonds. The summed E-state index contributed by atoms with van der Waals surface area (Å²) in [7, 11) is 0. The molecule has 2 aromatic rings. The second kappa shape index (κ2) is 6.53. The average molecular weight is 272 g/mol. The maximum Gasteiger partial charge on any atom is 0.125 e. The summed E-state index contributed by atoms with van der Waals surface area (Å²) in [5, 5.41) is 0. The minimum absolute atomic E-state index is 0.0994. The van der Waals surface area contributed by atoms with Gasteiger partial charge in [0.25, 0.3) is 0 Å². The van der Waals surface area contributed by atoms with Crippen LogP contribution >= 0.6 is 0 Å². The van der Waals surface area contributed by atoms with Crippen LogP contribution < -0.4 is 10.6 Å². The first kappa shape index (κ1) is 14.5. The standard InChI is InChI=1S/C17H21FN2/c1-3-20(16-9-6-8-15(18)12-16)17-10-5-4-7-14(17)11-13(2)19/h4-10,12-13H,3,11,19H2,1-2H3. The third-order valence-corrected chi connectivity index (χ3v) is 3.26. The van der Waals surface area contributed by atoms with Gasteiger partial charge < -0.3 is 10.6 Å². The maximum atomic E-state index is 13.4. The van der Waals surface area contributed by atoms with E-state index in [9.17, 15) is 4.39 Å². The van der Waals surface area contributed by atoms with E-state index in [1.807, 2.05) is 25.1 Å². The number of nitrogens with zero attached hydrogens (tertiary/aromatic N) is 1. The number of hydrogen-bond acceptors (Lipinski definition) is 2. The van der Waals surface area contributed by atoms with Crippen molar-refractivity contribution >= 4 is 11.4 Å². The first-order chi connectivity index (χ1) is 9.61. The number of anilines is 2. The fraction of sp³-hybridized carbons (Fsp3) is 0.294. The van der Waals surface area contributed by atoms with Crippen molar-refractivity contribution < 1.29 is 4.39 Å². The van der Waals surface area contributed by atoms with E-state index < -0.39 is 0 Å². The highest BCUT2D eigenvalue weighted by atomic mass is 19.1. The summed E-state index contributed by atoms with van der Waals surface area (Å²) in [6.07, 6.45) is 0.808. The lowest BCUT2D eigenvalue weighted by Gasteiger charge is -2.26. The van der Waals surface area contributed by atoms with E-state index in [0.717, 1.165) is 24.3 Å². The maximum absolute atomic E-state index is 13.4. The van der Waals surface area contributed by atoms with Crippen molar-refractivity contribution in [3.63, 3.8) is 0 Å². The molecule has 0 saturated carbocycles. The Bertz CT molecular complexity index is 566. The molecule has 0 aliphatic rings. The molecule has 1 unspecified atom stereocenters. The Balaban J connectivity index is 2.41. The zero-order valence-corrected chi connectivity index (χ0v) is 12.0. The van der Waals surface area contributed by atoms with E-state index >= 15 is 0 Å². The lowest BCUT2D eigenvalue weighted by molar-refractivity contribution is 0.627. The van der Waals surface area contributed by atoms with Gasteiger partial charge in [-0.1, -0.05) is 24.3 Å². The topological polar surface area (TPSA) is 29.3 Å². The lowest BCUT2D eigenvalue weighted by Crippen LogP contribution is -2.22. The van der Waals surface area contributed by atoms with Gasteiger partial charge >= 0.3 is 0 Å². The van der Waals surface area contributed by atoms with Crippen LogP contribution in [0.2, 0.25) is 0 Å². The number of benzene rings is 2. The SMILES string of the molecule is CCN(c1cccc(F)c1)c1ccccc1CC(C)N. The number of hydrogen-bond donors (Lipinski definition) is 1. The van der Waals surface area contributed by atoms with Crippen molar-refractivity contribution in [2.24, 2.45) is 5.73 Å².